The second-order valence-corrected chi connectivity index (χ2v) is 4.27. The van der Waals surface area contributed by atoms with Crippen molar-refractivity contribution in [2.24, 2.45) is 5.92 Å². The average molecular weight is 258 g/mol. The van der Waals surface area contributed by atoms with Gasteiger partial charge in [-0.2, -0.15) is 5.10 Å². The molecular weight excluding hydrogens is 242 g/mol. The number of H-pyrrole nitrogens is 1. The Labute approximate surface area is 105 Å². The maximum Gasteiger partial charge on any atom is 0.271 e. The summed E-state index contributed by atoms with van der Waals surface area (Å²) in [6, 6.07) is 2.67. The van der Waals surface area contributed by atoms with Crippen LogP contribution in [-0.4, -0.2) is 28.5 Å². The zero-order valence-electron chi connectivity index (χ0n) is 9.70. The van der Waals surface area contributed by atoms with Gasteiger partial charge in [-0.1, -0.05) is 6.92 Å². The number of rotatable bonds is 6. The number of nitrogens with zero attached hydrogens (tertiary/aromatic N) is 1. The van der Waals surface area contributed by atoms with Crippen molar-refractivity contribution in [2.45, 2.75) is 19.8 Å². The van der Waals surface area contributed by atoms with Crippen LogP contribution >= 0.6 is 11.6 Å². The van der Waals surface area contributed by atoms with E-state index in [-0.39, 0.29) is 17.2 Å². The Bertz CT molecular complexity index is 399. The zero-order valence-corrected chi connectivity index (χ0v) is 10.5. The lowest BCUT2D eigenvalue weighted by molar-refractivity contribution is 0.0946. The number of carbonyl (C=O) groups excluding carboxylic acids is 1. The third-order valence-electron chi connectivity index (χ3n) is 2.33. The number of alkyl halides is 1. The van der Waals surface area contributed by atoms with Gasteiger partial charge in [0.05, 0.1) is 0 Å². The van der Waals surface area contributed by atoms with Gasteiger partial charge in [-0.15, -0.1) is 11.6 Å². The maximum absolute atomic E-state index is 11.5. The molecule has 2 N–H and O–H groups in total. The van der Waals surface area contributed by atoms with Crippen LogP contribution in [0.15, 0.2) is 16.9 Å². The summed E-state index contributed by atoms with van der Waals surface area (Å²) in [5.74, 6) is 0.814. The summed E-state index contributed by atoms with van der Waals surface area (Å²) in [6.07, 6.45) is 1.85. The normalized spacial score (nSPS) is 12.1. The average Bonchev–Trinajstić information content (AvgIpc) is 2.34. The predicted molar refractivity (Wildman–Crippen MR) is 66.3 cm³/mol. The van der Waals surface area contributed by atoms with Gasteiger partial charge in [0.15, 0.2) is 0 Å². The first kappa shape index (κ1) is 13.7. The van der Waals surface area contributed by atoms with Crippen molar-refractivity contribution in [1.29, 1.82) is 0 Å². The number of nitrogens with one attached hydrogen (secondary N) is 2. The van der Waals surface area contributed by atoms with Crippen molar-refractivity contribution in [3.63, 3.8) is 0 Å². The highest BCUT2D eigenvalue weighted by molar-refractivity contribution is 6.18. The minimum Gasteiger partial charge on any atom is -0.351 e. The number of carbonyl (C=O) groups is 1. The van der Waals surface area contributed by atoms with Crippen LogP contribution in [0, 0.1) is 5.92 Å². The Kier molecular flexibility index (Phi) is 5.69. The molecular formula is C11H16ClN3O2. The molecule has 0 aromatic carbocycles. The summed E-state index contributed by atoms with van der Waals surface area (Å²) in [4.78, 5) is 22.3. The van der Waals surface area contributed by atoms with Crippen LogP contribution < -0.4 is 10.9 Å². The molecule has 0 aliphatic carbocycles. The van der Waals surface area contributed by atoms with Crippen LogP contribution in [0.5, 0.6) is 0 Å². The SMILES string of the molecule is CC(CCl)CCCNC(=O)c1ccc(=O)[nH]n1. The van der Waals surface area contributed by atoms with Gasteiger partial charge in [-0.05, 0) is 24.8 Å². The summed E-state index contributed by atoms with van der Waals surface area (Å²) in [6.45, 7) is 2.65. The second kappa shape index (κ2) is 7.06. The second-order valence-electron chi connectivity index (χ2n) is 3.96. The van der Waals surface area contributed by atoms with E-state index in [1.807, 2.05) is 0 Å². The molecule has 0 saturated heterocycles. The first-order valence-corrected chi connectivity index (χ1v) is 6.07. The Balaban J connectivity index is 2.30. The van der Waals surface area contributed by atoms with Crippen LogP contribution in [0.3, 0.4) is 0 Å². The summed E-state index contributed by atoms with van der Waals surface area (Å²) in [5, 5.41) is 8.58. The van der Waals surface area contributed by atoms with Crippen LogP contribution in [0.2, 0.25) is 0 Å². The molecule has 0 spiro atoms. The van der Waals surface area contributed by atoms with Gasteiger partial charge in [0.25, 0.3) is 11.5 Å². The molecule has 1 aromatic heterocycles. The highest BCUT2D eigenvalue weighted by atomic mass is 35.5. The Morgan fingerprint density at radius 2 is 2.35 bits per heavy atom. The molecule has 1 rings (SSSR count). The molecule has 1 heterocycles. The van der Waals surface area contributed by atoms with Gasteiger partial charge < -0.3 is 5.32 Å². The van der Waals surface area contributed by atoms with Crippen LogP contribution in [0.25, 0.3) is 0 Å². The lowest BCUT2D eigenvalue weighted by Crippen LogP contribution is -2.26. The first-order valence-electron chi connectivity index (χ1n) is 5.53. The molecule has 6 heteroatoms. The Hall–Kier alpha value is -1.36. The maximum atomic E-state index is 11.5. The number of amides is 1. The van der Waals surface area contributed by atoms with Crippen molar-refractivity contribution in [1.82, 2.24) is 15.5 Å². The molecule has 0 fully saturated rings. The fourth-order valence-electron chi connectivity index (χ4n) is 1.29. The molecule has 0 saturated carbocycles. The van der Waals surface area contributed by atoms with Crippen molar-refractivity contribution in [2.75, 3.05) is 12.4 Å². The van der Waals surface area contributed by atoms with E-state index >= 15 is 0 Å². The number of aromatic nitrogens is 2. The van der Waals surface area contributed by atoms with Crippen LogP contribution in [-0.2, 0) is 0 Å². The molecule has 1 amide bonds. The monoisotopic (exact) mass is 257 g/mol. The smallest absolute Gasteiger partial charge is 0.271 e. The van der Waals surface area contributed by atoms with E-state index in [4.69, 9.17) is 11.6 Å². The van der Waals surface area contributed by atoms with E-state index in [2.05, 4.69) is 22.4 Å². The number of hydrogen-bond donors (Lipinski definition) is 2. The molecule has 94 valence electrons. The molecule has 0 aliphatic heterocycles. The van der Waals surface area contributed by atoms with E-state index in [0.29, 0.717) is 18.3 Å². The van der Waals surface area contributed by atoms with E-state index < -0.39 is 0 Å². The third kappa shape index (κ3) is 4.99. The minimum atomic E-state index is -0.322. The van der Waals surface area contributed by atoms with Gasteiger partial charge in [0.1, 0.15) is 5.69 Å². The lowest BCUT2D eigenvalue weighted by atomic mass is 10.1. The van der Waals surface area contributed by atoms with Gasteiger partial charge in [-0.25, -0.2) is 5.10 Å². The quantitative estimate of drug-likeness (QED) is 0.593. The number of aromatic amines is 1. The molecule has 0 aliphatic rings. The molecule has 0 radical (unpaired) electrons. The zero-order chi connectivity index (χ0) is 12.7. The topological polar surface area (TPSA) is 74.8 Å². The highest BCUT2D eigenvalue weighted by Gasteiger charge is 2.06. The fraction of sp³-hybridized carbons (Fsp3) is 0.545. The fourth-order valence-corrected chi connectivity index (χ4v) is 1.45. The van der Waals surface area contributed by atoms with Crippen molar-refractivity contribution in [3.8, 4) is 0 Å². The van der Waals surface area contributed by atoms with Gasteiger partial charge >= 0.3 is 0 Å². The van der Waals surface area contributed by atoms with Crippen molar-refractivity contribution >= 4 is 17.5 Å². The summed E-state index contributed by atoms with van der Waals surface area (Å²) in [5.41, 5.74) is -0.104. The molecule has 1 aromatic rings. The molecule has 0 bridgehead atoms. The van der Waals surface area contributed by atoms with E-state index in [1.165, 1.54) is 12.1 Å². The van der Waals surface area contributed by atoms with Gasteiger partial charge in [0, 0.05) is 18.5 Å². The third-order valence-corrected chi connectivity index (χ3v) is 2.86. The summed E-state index contributed by atoms with van der Waals surface area (Å²) in [7, 11) is 0. The van der Waals surface area contributed by atoms with Crippen molar-refractivity contribution in [3.05, 3.63) is 28.2 Å². The van der Waals surface area contributed by atoms with Gasteiger partial charge in [-0.3, -0.25) is 9.59 Å². The van der Waals surface area contributed by atoms with E-state index in [0.717, 1.165) is 12.8 Å². The summed E-state index contributed by atoms with van der Waals surface area (Å²) >= 11 is 5.67. The molecule has 5 nitrogen and oxygen atoms in total. The minimum absolute atomic E-state index is 0.218. The predicted octanol–water partition coefficient (Wildman–Crippen LogP) is 1.15. The number of hydrogen-bond acceptors (Lipinski definition) is 3. The van der Waals surface area contributed by atoms with E-state index in [1.54, 1.807) is 0 Å². The molecule has 1 atom stereocenters. The van der Waals surface area contributed by atoms with Crippen LogP contribution in [0.4, 0.5) is 0 Å². The largest absolute Gasteiger partial charge is 0.351 e. The molecule has 1 unspecified atom stereocenters. The Morgan fingerprint density at radius 3 is 2.94 bits per heavy atom. The van der Waals surface area contributed by atoms with Crippen LogP contribution in [0.1, 0.15) is 30.3 Å². The first-order chi connectivity index (χ1) is 8.13. The number of halogens is 1. The summed E-state index contributed by atoms with van der Waals surface area (Å²) < 4.78 is 0. The standard InChI is InChI=1S/C11H16ClN3O2/c1-8(7-12)3-2-6-13-11(17)9-4-5-10(16)15-14-9/h4-5,8H,2-3,6-7H2,1H3,(H,13,17)(H,15,16). The highest BCUT2D eigenvalue weighted by Crippen LogP contribution is 2.06. The lowest BCUT2D eigenvalue weighted by Gasteiger charge is -2.07. The van der Waals surface area contributed by atoms with Crippen molar-refractivity contribution < 1.29 is 4.79 Å². The van der Waals surface area contributed by atoms with E-state index in [9.17, 15) is 9.59 Å². The van der Waals surface area contributed by atoms with Gasteiger partial charge in [0.2, 0.25) is 0 Å². The Morgan fingerprint density at radius 1 is 1.59 bits per heavy atom. The molecule has 17 heavy (non-hydrogen) atoms.